The molecule has 0 N–H and O–H groups in total. The van der Waals surface area contributed by atoms with Crippen LogP contribution in [0.5, 0.6) is 0 Å². The molecule has 3 rings (SSSR count). The van der Waals surface area contributed by atoms with E-state index in [0.29, 0.717) is 10.9 Å². The van der Waals surface area contributed by atoms with Crippen LogP contribution in [0, 0.1) is 5.82 Å². The molecular weight excluding hydrogens is 277 g/mol. The fourth-order valence-electron chi connectivity index (χ4n) is 2.75. The molecule has 0 aliphatic carbocycles. The zero-order valence-electron chi connectivity index (χ0n) is 11.2. The smallest absolute Gasteiger partial charge is 0.123 e. The van der Waals surface area contributed by atoms with Crippen molar-refractivity contribution < 1.29 is 4.39 Å². The van der Waals surface area contributed by atoms with Crippen LogP contribution in [0.2, 0.25) is 5.02 Å². The lowest BCUT2D eigenvalue weighted by molar-refractivity contribution is 0.312. The van der Waals surface area contributed by atoms with Gasteiger partial charge in [-0.1, -0.05) is 23.7 Å². The van der Waals surface area contributed by atoms with Gasteiger partial charge in [0.15, 0.2) is 0 Å². The summed E-state index contributed by atoms with van der Waals surface area (Å²) in [5, 5.41) is 4.86. The van der Waals surface area contributed by atoms with E-state index in [4.69, 9.17) is 11.6 Å². The Labute approximate surface area is 123 Å². The van der Waals surface area contributed by atoms with Gasteiger partial charge in [-0.25, -0.2) is 4.39 Å². The highest BCUT2D eigenvalue weighted by atomic mass is 35.5. The van der Waals surface area contributed by atoms with Crippen molar-refractivity contribution in [2.45, 2.75) is 18.9 Å². The fraction of sp³-hybridized carbons (Fsp3) is 0.400. The van der Waals surface area contributed by atoms with E-state index in [2.05, 4.69) is 10.00 Å². The van der Waals surface area contributed by atoms with Crippen molar-refractivity contribution >= 4 is 11.6 Å². The summed E-state index contributed by atoms with van der Waals surface area (Å²) in [7, 11) is 0. The van der Waals surface area contributed by atoms with Gasteiger partial charge < -0.3 is 4.90 Å². The van der Waals surface area contributed by atoms with Crippen molar-refractivity contribution in [3.05, 3.63) is 53.1 Å². The number of aromatic nitrogens is 2. The van der Waals surface area contributed by atoms with Gasteiger partial charge in [0.2, 0.25) is 0 Å². The third kappa shape index (κ3) is 3.19. The Hall–Kier alpha value is -1.39. The van der Waals surface area contributed by atoms with Gasteiger partial charge in [0, 0.05) is 19.3 Å². The first-order valence-electron chi connectivity index (χ1n) is 6.86. The highest BCUT2D eigenvalue weighted by Gasteiger charge is 2.23. The third-order valence-electron chi connectivity index (χ3n) is 3.86. The van der Waals surface area contributed by atoms with Crippen LogP contribution in [0.15, 0.2) is 36.7 Å². The van der Waals surface area contributed by atoms with Crippen LogP contribution in [0.4, 0.5) is 4.39 Å². The van der Waals surface area contributed by atoms with Crippen LogP contribution >= 0.6 is 11.6 Å². The first-order valence-corrected chi connectivity index (χ1v) is 7.24. The Bertz CT molecular complexity index is 567. The summed E-state index contributed by atoms with van der Waals surface area (Å²) in [6.07, 6.45) is 4.63. The Balaban J connectivity index is 1.53. The maximum atomic E-state index is 12.9. The average molecular weight is 294 g/mol. The molecule has 0 spiro atoms. The first-order chi connectivity index (χ1) is 9.70. The van der Waals surface area contributed by atoms with Gasteiger partial charge in [-0.3, -0.25) is 4.68 Å². The van der Waals surface area contributed by atoms with Gasteiger partial charge >= 0.3 is 0 Å². The molecule has 1 aliphatic rings. The number of hydrogen-bond donors (Lipinski definition) is 0. The second-order valence-electron chi connectivity index (χ2n) is 5.26. The Kier molecular flexibility index (Phi) is 4.03. The molecule has 0 amide bonds. The molecule has 1 atom stereocenters. The predicted octanol–water partition coefficient (Wildman–Crippen LogP) is 3.17. The quantitative estimate of drug-likeness (QED) is 0.863. The van der Waals surface area contributed by atoms with E-state index in [9.17, 15) is 4.39 Å². The predicted molar refractivity (Wildman–Crippen MR) is 77.4 cm³/mol. The van der Waals surface area contributed by atoms with Crippen molar-refractivity contribution in [1.82, 2.24) is 14.7 Å². The maximum absolute atomic E-state index is 12.9. The molecule has 20 heavy (non-hydrogen) atoms. The molecule has 1 fully saturated rings. The Morgan fingerprint density at radius 2 is 2.05 bits per heavy atom. The van der Waals surface area contributed by atoms with Gasteiger partial charge in [0.1, 0.15) is 5.82 Å². The molecule has 1 saturated heterocycles. The van der Waals surface area contributed by atoms with Gasteiger partial charge in [-0.05, 0) is 36.6 Å². The van der Waals surface area contributed by atoms with Crippen LogP contribution in [0.25, 0.3) is 0 Å². The van der Waals surface area contributed by atoms with Crippen molar-refractivity contribution in [2.75, 3.05) is 19.6 Å². The van der Waals surface area contributed by atoms with Gasteiger partial charge in [-0.15, -0.1) is 0 Å². The molecule has 1 aliphatic heterocycles. The van der Waals surface area contributed by atoms with Crippen molar-refractivity contribution in [3.8, 4) is 0 Å². The minimum absolute atomic E-state index is 0.167. The summed E-state index contributed by atoms with van der Waals surface area (Å²) in [5.41, 5.74) is 1.23. The van der Waals surface area contributed by atoms with E-state index >= 15 is 0 Å². The molecule has 0 saturated carbocycles. The van der Waals surface area contributed by atoms with E-state index in [1.807, 2.05) is 23.0 Å². The van der Waals surface area contributed by atoms with E-state index in [-0.39, 0.29) is 5.82 Å². The maximum Gasteiger partial charge on any atom is 0.123 e. The zero-order valence-corrected chi connectivity index (χ0v) is 11.9. The number of nitrogens with zero attached hydrogens (tertiary/aromatic N) is 3. The second-order valence-corrected chi connectivity index (χ2v) is 5.70. The Morgan fingerprint density at radius 1 is 1.25 bits per heavy atom. The number of hydrogen-bond acceptors (Lipinski definition) is 2. The lowest BCUT2D eigenvalue weighted by Crippen LogP contribution is -2.25. The van der Waals surface area contributed by atoms with Crippen LogP contribution in [-0.2, 0) is 6.54 Å². The van der Waals surface area contributed by atoms with Gasteiger partial charge in [-0.2, -0.15) is 5.10 Å². The summed E-state index contributed by atoms with van der Waals surface area (Å²) in [4.78, 5) is 2.42. The van der Waals surface area contributed by atoms with E-state index in [1.54, 1.807) is 18.3 Å². The summed E-state index contributed by atoms with van der Waals surface area (Å²) < 4.78 is 14.8. The molecule has 2 heterocycles. The highest BCUT2D eigenvalue weighted by molar-refractivity contribution is 6.30. The van der Waals surface area contributed by atoms with Gasteiger partial charge in [0.25, 0.3) is 0 Å². The second kappa shape index (κ2) is 5.94. The SMILES string of the molecule is Fc1ccc(C2CCN(CCn3cc(Cl)cn3)C2)cc1. The minimum atomic E-state index is -0.167. The molecular formula is C15H17ClFN3. The molecule has 1 aromatic heterocycles. The van der Waals surface area contributed by atoms with Crippen LogP contribution in [0.3, 0.4) is 0 Å². The van der Waals surface area contributed by atoms with Crippen molar-refractivity contribution in [3.63, 3.8) is 0 Å². The normalized spacial score (nSPS) is 19.6. The highest BCUT2D eigenvalue weighted by Crippen LogP contribution is 2.27. The van der Waals surface area contributed by atoms with Crippen LogP contribution in [-0.4, -0.2) is 34.3 Å². The molecule has 1 unspecified atom stereocenters. The molecule has 106 valence electrons. The number of halogens is 2. The third-order valence-corrected chi connectivity index (χ3v) is 4.06. The van der Waals surface area contributed by atoms with Crippen LogP contribution < -0.4 is 0 Å². The average Bonchev–Trinajstić information content (AvgIpc) is 3.06. The molecule has 3 nitrogen and oxygen atoms in total. The number of rotatable bonds is 4. The van der Waals surface area contributed by atoms with E-state index in [0.717, 1.165) is 32.6 Å². The monoisotopic (exact) mass is 293 g/mol. The fourth-order valence-corrected chi connectivity index (χ4v) is 2.90. The van der Waals surface area contributed by atoms with E-state index in [1.165, 1.54) is 5.56 Å². The Morgan fingerprint density at radius 3 is 2.75 bits per heavy atom. The van der Waals surface area contributed by atoms with Crippen molar-refractivity contribution in [1.29, 1.82) is 0 Å². The number of likely N-dealkylation sites (tertiary alicyclic amines) is 1. The molecule has 5 heteroatoms. The standard InChI is InChI=1S/C15H17ClFN3/c16-14-9-18-20(11-14)8-7-19-6-5-13(10-19)12-1-3-15(17)4-2-12/h1-4,9,11,13H,5-8,10H2. The molecule has 0 bridgehead atoms. The largest absolute Gasteiger partial charge is 0.301 e. The summed E-state index contributed by atoms with van der Waals surface area (Å²) in [5.74, 6) is 0.343. The summed E-state index contributed by atoms with van der Waals surface area (Å²) >= 11 is 5.84. The van der Waals surface area contributed by atoms with Crippen molar-refractivity contribution in [2.24, 2.45) is 0 Å². The first kappa shape index (κ1) is 13.6. The van der Waals surface area contributed by atoms with E-state index < -0.39 is 0 Å². The summed E-state index contributed by atoms with van der Waals surface area (Å²) in [6.45, 7) is 3.93. The summed E-state index contributed by atoms with van der Waals surface area (Å²) in [6, 6.07) is 6.89. The number of benzene rings is 1. The zero-order chi connectivity index (χ0) is 13.9. The minimum Gasteiger partial charge on any atom is -0.301 e. The molecule has 0 radical (unpaired) electrons. The molecule has 1 aromatic carbocycles. The van der Waals surface area contributed by atoms with Gasteiger partial charge in [0.05, 0.1) is 17.8 Å². The van der Waals surface area contributed by atoms with Crippen LogP contribution in [0.1, 0.15) is 17.9 Å². The topological polar surface area (TPSA) is 21.1 Å². The lowest BCUT2D eigenvalue weighted by Gasteiger charge is -2.16. The molecule has 2 aromatic rings. The lowest BCUT2D eigenvalue weighted by atomic mass is 9.99.